The molecular weight excluding hydrogens is 222 g/mol. The Morgan fingerprint density at radius 1 is 1.17 bits per heavy atom. The average Bonchev–Trinajstić information content (AvgIpc) is 2.76. The fourth-order valence-corrected chi connectivity index (χ4v) is 2.82. The van der Waals surface area contributed by atoms with Crippen LogP contribution in [0.2, 0.25) is 0 Å². The van der Waals surface area contributed by atoms with Crippen LogP contribution in [0.5, 0.6) is 0 Å². The summed E-state index contributed by atoms with van der Waals surface area (Å²) in [6.07, 6.45) is 5.80. The highest BCUT2D eigenvalue weighted by atomic mass is 15.1. The van der Waals surface area contributed by atoms with Crippen molar-refractivity contribution in [2.75, 3.05) is 18.0 Å². The molecule has 1 aliphatic rings. The number of aryl methyl sites for hydroxylation is 1. The highest BCUT2D eigenvalue weighted by molar-refractivity contribution is 5.89. The molecule has 3 heteroatoms. The Kier molecular flexibility index (Phi) is 2.71. The molecule has 0 radical (unpaired) electrons. The zero-order chi connectivity index (χ0) is 12.5. The SMILES string of the molecule is Cn1cc(C#N)c2cc(N3CCCCC3)ccc21. The number of aromatic nitrogens is 1. The van der Waals surface area contributed by atoms with Gasteiger partial charge in [0.05, 0.1) is 5.56 Å². The molecule has 0 bridgehead atoms. The molecule has 1 saturated heterocycles. The third-order valence-electron chi connectivity index (χ3n) is 3.81. The third kappa shape index (κ3) is 1.74. The standard InChI is InChI=1S/C15H17N3/c1-17-11-12(10-16)14-9-13(5-6-15(14)17)18-7-3-2-4-8-18/h5-6,9,11H,2-4,7-8H2,1H3. The van der Waals surface area contributed by atoms with Crippen LogP contribution < -0.4 is 4.90 Å². The summed E-state index contributed by atoms with van der Waals surface area (Å²) in [6, 6.07) is 8.75. The summed E-state index contributed by atoms with van der Waals surface area (Å²) >= 11 is 0. The van der Waals surface area contributed by atoms with Gasteiger partial charge < -0.3 is 9.47 Å². The average molecular weight is 239 g/mol. The van der Waals surface area contributed by atoms with Crippen molar-refractivity contribution in [3.63, 3.8) is 0 Å². The number of fused-ring (bicyclic) bond motifs is 1. The number of benzene rings is 1. The van der Waals surface area contributed by atoms with Crippen LogP contribution in [0.3, 0.4) is 0 Å². The van der Waals surface area contributed by atoms with E-state index in [1.165, 1.54) is 24.9 Å². The highest BCUT2D eigenvalue weighted by Crippen LogP contribution is 2.27. The van der Waals surface area contributed by atoms with E-state index >= 15 is 0 Å². The number of piperidine rings is 1. The van der Waals surface area contributed by atoms with E-state index in [2.05, 4.69) is 29.2 Å². The molecule has 2 aromatic rings. The number of rotatable bonds is 1. The van der Waals surface area contributed by atoms with Crippen molar-refractivity contribution in [2.24, 2.45) is 7.05 Å². The molecule has 0 aliphatic carbocycles. The molecule has 3 nitrogen and oxygen atoms in total. The van der Waals surface area contributed by atoms with Crippen LogP contribution in [0.4, 0.5) is 5.69 Å². The van der Waals surface area contributed by atoms with Crippen LogP contribution in [-0.2, 0) is 7.05 Å². The van der Waals surface area contributed by atoms with Crippen LogP contribution in [0, 0.1) is 11.3 Å². The van der Waals surface area contributed by atoms with Crippen LogP contribution in [-0.4, -0.2) is 17.7 Å². The van der Waals surface area contributed by atoms with Gasteiger partial charge in [-0.2, -0.15) is 5.26 Å². The molecule has 0 saturated carbocycles. The molecule has 92 valence electrons. The first-order valence-electron chi connectivity index (χ1n) is 6.54. The molecule has 1 fully saturated rings. The van der Waals surface area contributed by atoms with E-state index in [1.807, 2.05) is 17.8 Å². The molecule has 1 aliphatic heterocycles. The van der Waals surface area contributed by atoms with Crippen LogP contribution >= 0.6 is 0 Å². The van der Waals surface area contributed by atoms with Crippen LogP contribution in [0.1, 0.15) is 24.8 Å². The Labute approximate surface area is 107 Å². The maximum atomic E-state index is 9.17. The van der Waals surface area contributed by atoms with E-state index < -0.39 is 0 Å². The van der Waals surface area contributed by atoms with Crippen molar-refractivity contribution < 1.29 is 0 Å². The van der Waals surface area contributed by atoms with Gasteiger partial charge in [0.1, 0.15) is 6.07 Å². The van der Waals surface area contributed by atoms with Gasteiger partial charge >= 0.3 is 0 Å². The Bertz CT molecular complexity index is 612. The molecule has 0 amide bonds. The van der Waals surface area contributed by atoms with Gasteiger partial charge in [-0.15, -0.1) is 0 Å². The molecular formula is C15H17N3. The van der Waals surface area contributed by atoms with Crippen molar-refractivity contribution in [1.82, 2.24) is 4.57 Å². The summed E-state index contributed by atoms with van der Waals surface area (Å²) < 4.78 is 2.02. The van der Waals surface area contributed by atoms with Crippen molar-refractivity contribution in [3.8, 4) is 6.07 Å². The lowest BCUT2D eigenvalue weighted by atomic mass is 10.1. The van der Waals surface area contributed by atoms with Gasteiger partial charge in [-0.3, -0.25) is 0 Å². The molecule has 2 heterocycles. The number of hydrogen-bond acceptors (Lipinski definition) is 2. The van der Waals surface area contributed by atoms with Gasteiger partial charge in [0, 0.05) is 42.9 Å². The Morgan fingerprint density at radius 3 is 2.67 bits per heavy atom. The maximum absolute atomic E-state index is 9.17. The first-order chi connectivity index (χ1) is 8.79. The van der Waals surface area contributed by atoms with Crippen molar-refractivity contribution >= 4 is 16.6 Å². The summed E-state index contributed by atoms with van der Waals surface area (Å²) in [5.41, 5.74) is 3.16. The van der Waals surface area contributed by atoms with E-state index in [-0.39, 0.29) is 0 Å². The lowest BCUT2D eigenvalue weighted by molar-refractivity contribution is 0.578. The first-order valence-corrected chi connectivity index (χ1v) is 6.54. The van der Waals surface area contributed by atoms with Crippen LogP contribution in [0.25, 0.3) is 10.9 Å². The maximum Gasteiger partial charge on any atom is 0.101 e. The Morgan fingerprint density at radius 2 is 1.94 bits per heavy atom. The third-order valence-corrected chi connectivity index (χ3v) is 3.81. The fraction of sp³-hybridized carbons (Fsp3) is 0.400. The van der Waals surface area contributed by atoms with Crippen molar-refractivity contribution in [2.45, 2.75) is 19.3 Å². The number of nitrogens with zero attached hydrogens (tertiary/aromatic N) is 3. The van der Waals surface area contributed by atoms with Gasteiger partial charge in [-0.25, -0.2) is 0 Å². The van der Waals surface area contributed by atoms with Gasteiger partial charge in [0.25, 0.3) is 0 Å². The van der Waals surface area contributed by atoms with E-state index in [0.29, 0.717) is 0 Å². The minimum Gasteiger partial charge on any atom is -0.372 e. The monoisotopic (exact) mass is 239 g/mol. The van der Waals surface area contributed by atoms with Crippen LogP contribution in [0.15, 0.2) is 24.4 Å². The predicted octanol–water partition coefficient (Wildman–Crippen LogP) is 3.04. The summed E-state index contributed by atoms with van der Waals surface area (Å²) in [7, 11) is 1.99. The van der Waals surface area contributed by atoms with E-state index in [9.17, 15) is 5.26 Å². The van der Waals surface area contributed by atoms with Gasteiger partial charge in [-0.05, 0) is 37.5 Å². The second kappa shape index (κ2) is 4.38. The summed E-state index contributed by atoms with van der Waals surface area (Å²) in [5.74, 6) is 0. The van der Waals surface area contributed by atoms with E-state index in [1.54, 1.807) is 0 Å². The molecule has 0 N–H and O–H groups in total. The lowest BCUT2D eigenvalue weighted by Crippen LogP contribution is -2.29. The zero-order valence-corrected chi connectivity index (χ0v) is 10.7. The lowest BCUT2D eigenvalue weighted by Gasteiger charge is -2.28. The zero-order valence-electron chi connectivity index (χ0n) is 10.7. The van der Waals surface area contributed by atoms with Crippen molar-refractivity contribution in [3.05, 3.63) is 30.0 Å². The normalized spacial score (nSPS) is 15.9. The number of anilines is 1. The molecule has 0 unspecified atom stereocenters. The minimum absolute atomic E-state index is 0.770. The molecule has 0 spiro atoms. The van der Waals surface area contributed by atoms with Gasteiger partial charge in [0.15, 0.2) is 0 Å². The van der Waals surface area contributed by atoms with Gasteiger partial charge in [0.2, 0.25) is 0 Å². The number of hydrogen-bond donors (Lipinski definition) is 0. The quantitative estimate of drug-likeness (QED) is 0.766. The highest BCUT2D eigenvalue weighted by Gasteiger charge is 2.13. The molecule has 1 aromatic carbocycles. The second-order valence-corrected chi connectivity index (χ2v) is 5.01. The summed E-state index contributed by atoms with van der Waals surface area (Å²) in [5, 5.41) is 10.2. The predicted molar refractivity (Wildman–Crippen MR) is 73.7 cm³/mol. The Balaban J connectivity index is 2.07. The van der Waals surface area contributed by atoms with E-state index in [0.717, 1.165) is 29.6 Å². The molecule has 1 aromatic heterocycles. The fourth-order valence-electron chi connectivity index (χ4n) is 2.82. The molecule has 18 heavy (non-hydrogen) atoms. The summed E-state index contributed by atoms with van der Waals surface area (Å²) in [4.78, 5) is 2.43. The van der Waals surface area contributed by atoms with E-state index in [4.69, 9.17) is 0 Å². The smallest absolute Gasteiger partial charge is 0.101 e. The first kappa shape index (κ1) is 11.2. The minimum atomic E-state index is 0.770. The van der Waals surface area contributed by atoms with Gasteiger partial charge in [-0.1, -0.05) is 0 Å². The second-order valence-electron chi connectivity index (χ2n) is 5.01. The summed E-state index contributed by atoms with van der Waals surface area (Å²) in [6.45, 7) is 2.28. The largest absolute Gasteiger partial charge is 0.372 e. The van der Waals surface area contributed by atoms with Crippen molar-refractivity contribution in [1.29, 1.82) is 5.26 Å². The topological polar surface area (TPSA) is 32.0 Å². The molecule has 3 rings (SSSR count). The molecule has 0 atom stereocenters. The Hall–Kier alpha value is -1.95. The number of nitriles is 1.